The highest BCUT2D eigenvalue weighted by atomic mass is 15.0. The van der Waals surface area contributed by atoms with Crippen molar-refractivity contribution < 1.29 is 0 Å². The number of amidine groups is 1. The quantitative estimate of drug-likeness (QED) is 0.147. The Labute approximate surface area is 278 Å². The van der Waals surface area contributed by atoms with Crippen molar-refractivity contribution >= 4 is 49.4 Å². The maximum atomic E-state index is 6.74. The molecule has 0 saturated heterocycles. The van der Waals surface area contributed by atoms with Gasteiger partial charge >= 0.3 is 0 Å². The summed E-state index contributed by atoms with van der Waals surface area (Å²) in [5, 5.41) is 4.89. The van der Waals surface area contributed by atoms with E-state index in [4.69, 9.17) is 10.7 Å². The van der Waals surface area contributed by atoms with Crippen LogP contribution < -0.4 is 5.73 Å². The second kappa shape index (κ2) is 11.4. The van der Waals surface area contributed by atoms with Crippen LogP contribution in [0.5, 0.6) is 0 Å². The van der Waals surface area contributed by atoms with E-state index in [1.54, 1.807) is 0 Å². The molecular formula is C44H32N4. The fourth-order valence-electron chi connectivity index (χ4n) is 7.25. The standard InChI is InChI=1S/C44H32N4/c45-44(46-29-30-14-3-1-4-15-30)36-20-9-12-24-40(36)48-39-23-11-8-19-35(39)43-33(21-13-25-42(43)48)31-26-27-41-37(28-31)34-18-7-10-22-38(34)47(41)32-16-5-2-6-17-32/h1-28H,29H2,(H2,45,46). The molecule has 0 radical (unpaired) electrons. The van der Waals surface area contributed by atoms with Crippen LogP contribution in [0.3, 0.4) is 0 Å². The Bertz CT molecular complexity index is 2640. The van der Waals surface area contributed by atoms with E-state index in [9.17, 15) is 0 Å². The Morgan fingerprint density at radius 1 is 0.500 bits per heavy atom. The molecule has 0 aliphatic carbocycles. The Hall–Kier alpha value is -6.39. The van der Waals surface area contributed by atoms with Gasteiger partial charge in [0.1, 0.15) is 5.84 Å². The average Bonchev–Trinajstić information content (AvgIpc) is 3.67. The first-order valence-corrected chi connectivity index (χ1v) is 16.3. The number of nitrogens with zero attached hydrogens (tertiary/aromatic N) is 3. The Balaban J connectivity index is 1.25. The predicted octanol–water partition coefficient (Wildman–Crippen LogP) is 10.5. The van der Waals surface area contributed by atoms with Crippen LogP contribution in [0.1, 0.15) is 11.1 Å². The second-order valence-electron chi connectivity index (χ2n) is 12.2. The first kappa shape index (κ1) is 27.9. The lowest BCUT2D eigenvalue weighted by Crippen LogP contribution is -2.16. The molecule has 0 unspecified atom stereocenters. The summed E-state index contributed by atoms with van der Waals surface area (Å²) < 4.78 is 4.70. The van der Waals surface area contributed by atoms with Crippen LogP contribution in [0.2, 0.25) is 0 Å². The number of hydrogen-bond acceptors (Lipinski definition) is 1. The highest BCUT2D eigenvalue weighted by Crippen LogP contribution is 2.41. The topological polar surface area (TPSA) is 48.2 Å². The maximum Gasteiger partial charge on any atom is 0.128 e. The van der Waals surface area contributed by atoms with Crippen molar-refractivity contribution in [3.05, 3.63) is 181 Å². The van der Waals surface area contributed by atoms with Gasteiger partial charge in [-0.1, -0.05) is 115 Å². The van der Waals surface area contributed by atoms with Crippen molar-refractivity contribution in [3.63, 3.8) is 0 Å². The SMILES string of the molecule is NC(=NCc1ccccc1)c1ccccc1-n1c2ccccc2c2c(-c3ccc4c(c3)c3ccccc3n4-c3ccccc3)cccc21. The summed E-state index contributed by atoms with van der Waals surface area (Å²) in [7, 11) is 0. The van der Waals surface area contributed by atoms with Crippen LogP contribution in [0.25, 0.3) is 66.1 Å². The van der Waals surface area contributed by atoms with E-state index in [1.807, 2.05) is 24.3 Å². The first-order valence-electron chi connectivity index (χ1n) is 16.3. The maximum absolute atomic E-state index is 6.74. The smallest absolute Gasteiger partial charge is 0.128 e. The van der Waals surface area contributed by atoms with E-state index < -0.39 is 0 Å². The third kappa shape index (κ3) is 4.50. The number of fused-ring (bicyclic) bond motifs is 6. The molecule has 0 atom stereocenters. The molecule has 48 heavy (non-hydrogen) atoms. The van der Waals surface area contributed by atoms with E-state index >= 15 is 0 Å². The van der Waals surface area contributed by atoms with Crippen LogP contribution in [0.4, 0.5) is 0 Å². The number of rotatable bonds is 6. The molecule has 228 valence electrons. The summed E-state index contributed by atoms with van der Waals surface area (Å²) in [5.41, 5.74) is 18.0. The molecule has 0 spiro atoms. The van der Waals surface area contributed by atoms with Crippen molar-refractivity contribution in [1.29, 1.82) is 0 Å². The van der Waals surface area contributed by atoms with Gasteiger partial charge in [0, 0.05) is 32.8 Å². The van der Waals surface area contributed by atoms with Gasteiger partial charge in [-0.15, -0.1) is 0 Å². The van der Waals surface area contributed by atoms with E-state index in [1.165, 1.54) is 43.7 Å². The van der Waals surface area contributed by atoms with Crippen LogP contribution >= 0.6 is 0 Å². The van der Waals surface area contributed by atoms with Gasteiger partial charge < -0.3 is 14.9 Å². The zero-order valence-corrected chi connectivity index (χ0v) is 26.3. The summed E-state index contributed by atoms with van der Waals surface area (Å²) in [6.07, 6.45) is 0. The van der Waals surface area contributed by atoms with Gasteiger partial charge in [-0.25, -0.2) is 0 Å². The molecule has 9 rings (SSSR count). The highest BCUT2D eigenvalue weighted by molar-refractivity contribution is 6.18. The molecule has 2 N–H and O–H groups in total. The van der Waals surface area contributed by atoms with E-state index in [2.05, 4.69) is 155 Å². The van der Waals surface area contributed by atoms with Crippen LogP contribution in [0, 0.1) is 0 Å². The minimum atomic E-state index is 0.525. The molecule has 4 nitrogen and oxygen atoms in total. The van der Waals surface area contributed by atoms with Gasteiger partial charge in [-0.3, -0.25) is 4.99 Å². The molecule has 2 heterocycles. The molecule has 0 aliphatic heterocycles. The molecule has 9 aromatic rings. The molecule has 7 aromatic carbocycles. The Morgan fingerprint density at radius 3 is 1.94 bits per heavy atom. The molecule has 0 saturated carbocycles. The second-order valence-corrected chi connectivity index (χ2v) is 12.2. The van der Waals surface area contributed by atoms with Gasteiger partial charge in [0.25, 0.3) is 0 Å². The van der Waals surface area contributed by atoms with E-state index in [0.29, 0.717) is 12.4 Å². The van der Waals surface area contributed by atoms with Gasteiger partial charge in [-0.2, -0.15) is 0 Å². The lowest BCUT2D eigenvalue weighted by Gasteiger charge is -2.14. The van der Waals surface area contributed by atoms with Crippen molar-refractivity contribution in [3.8, 4) is 22.5 Å². The van der Waals surface area contributed by atoms with Crippen molar-refractivity contribution in [1.82, 2.24) is 9.13 Å². The minimum absolute atomic E-state index is 0.525. The van der Waals surface area contributed by atoms with Crippen molar-refractivity contribution in [2.24, 2.45) is 10.7 Å². The number of aliphatic imine (C=N–C) groups is 1. The Kier molecular flexibility index (Phi) is 6.65. The molecular weight excluding hydrogens is 585 g/mol. The molecule has 0 amide bonds. The summed E-state index contributed by atoms with van der Waals surface area (Å²) in [6.45, 7) is 0.529. The number of aromatic nitrogens is 2. The van der Waals surface area contributed by atoms with Gasteiger partial charge in [0.15, 0.2) is 0 Å². The largest absolute Gasteiger partial charge is 0.383 e. The average molecular weight is 617 g/mol. The number of benzene rings is 7. The lowest BCUT2D eigenvalue weighted by atomic mass is 9.98. The van der Waals surface area contributed by atoms with E-state index in [-0.39, 0.29) is 0 Å². The normalized spacial score (nSPS) is 12.0. The van der Waals surface area contributed by atoms with Gasteiger partial charge in [-0.05, 0) is 71.3 Å². The zero-order chi connectivity index (χ0) is 32.0. The molecule has 0 fully saturated rings. The lowest BCUT2D eigenvalue weighted by molar-refractivity contribution is 1.06. The van der Waals surface area contributed by atoms with Crippen molar-refractivity contribution in [2.45, 2.75) is 6.54 Å². The summed E-state index contributed by atoms with van der Waals surface area (Å²) >= 11 is 0. The van der Waals surface area contributed by atoms with E-state index in [0.717, 1.165) is 33.5 Å². The predicted molar refractivity (Wildman–Crippen MR) is 201 cm³/mol. The zero-order valence-electron chi connectivity index (χ0n) is 26.3. The number of para-hydroxylation sites is 4. The molecule has 2 aromatic heterocycles. The summed E-state index contributed by atoms with van der Waals surface area (Å²) in [5.74, 6) is 0.525. The monoisotopic (exact) mass is 616 g/mol. The van der Waals surface area contributed by atoms with Crippen LogP contribution in [-0.2, 0) is 6.54 Å². The molecule has 4 heteroatoms. The molecule has 0 bridgehead atoms. The van der Waals surface area contributed by atoms with Crippen LogP contribution in [-0.4, -0.2) is 15.0 Å². The molecule has 0 aliphatic rings. The summed E-state index contributed by atoms with van der Waals surface area (Å²) in [4.78, 5) is 4.82. The highest BCUT2D eigenvalue weighted by Gasteiger charge is 2.20. The Morgan fingerprint density at radius 2 is 1.12 bits per heavy atom. The number of hydrogen-bond donors (Lipinski definition) is 1. The summed E-state index contributed by atoms with van der Waals surface area (Å²) in [6, 6.07) is 60.0. The van der Waals surface area contributed by atoms with Crippen LogP contribution in [0.15, 0.2) is 175 Å². The minimum Gasteiger partial charge on any atom is -0.383 e. The van der Waals surface area contributed by atoms with Gasteiger partial charge in [0.2, 0.25) is 0 Å². The van der Waals surface area contributed by atoms with Crippen molar-refractivity contribution in [2.75, 3.05) is 0 Å². The fourth-order valence-corrected chi connectivity index (χ4v) is 7.25. The third-order valence-electron chi connectivity index (χ3n) is 9.39. The fraction of sp³-hybridized carbons (Fsp3) is 0.0227. The third-order valence-corrected chi connectivity index (χ3v) is 9.39. The van der Waals surface area contributed by atoms with Gasteiger partial charge in [0.05, 0.1) is 34.3 Å². The first-order chi connectivity index (χ1) is 23.8. The number of nitrogens with two attached hydrogens (primary N) is 1.